The highest BCUT2D eigenvalue weighted by Crippen LogP contribution is 2.26. The predicted octanol–water partition coefficient (Wildman–Crippen LogP) is 4.95. The first kappa shape index (κ1) is 27.3. The number of piperazine rings is 1. The second-order valence-corrected chi connectivity index (χ2v) is 9.80. The van der Waals surface area contributed by atoms with E-state index in [1.54, 1.807) is 19.3 Å². The average Bonchev–Trinajstić information content (AvgIpc) is 3.35. The first-order valence-electron chi connectivity index (χ1n) is 13.4. The minimum Gasteiger partial charge on any atom is -0.465 e. The summed E-state index contributed by atoms with van der Waals surface area (Å²) in [4.78, 5) is 30.4. The van der Waals surface area contributed by atoms with Gasteiger partial charge in [-0.1, -0.05) is 36.4 Å². The van der Waals surface area contributed by atoms with Crippen molar-refractivity contribution in [2.45, 2.75) is 25.9 Å². The van der Waals surface area contributed by atoms with Gasteiger partial charge in [0, 0.05) is 55.9 Å². The molecule has 5 rings (SSSR count). The van der Waals surface area contributed by atoms with Gasteiger partial charge in [-0.15, -0.1) is 0 Å². The Labute approximate surface area is 231 Å². The summed E-state index contributed by atoms with van der Waals surface area (Å²) < 4.78 is 36.0. The van der Waals surface area contributed by atoms with Crippen molar-refractivity contribution in [1.82, 2.24) is 14.0 Å². The van der Waals surface area contributed by atoms with E-state index in [0.717, 1.165) is 30.4 Å². The molecule has 0 N–H and O–H groups in total. The van der Waals surface area contributed by atoms with Crippen LogP contribution in [0.2, 0.25) is 0 Å². The number of halogens is 2. The molecule has 9 heteroatoms. The number of hydrogen-bond donors (Lipinski definition) is 0. The lowest BCUT2D eigenvalue weighted by atomic mass is 10.0. The minimum atomic E-state index is -0.686. The van der Waals surface area contributed by atoms with Crippen LogP contribution in [0.1, 0.15) is 37.1 Å². The van der Waals surface area contributed by atoms with E-state index in [4.69, 9.17) is 4.74 Å². The van der Waals surface area contributed by atoms with Gasteiger partial charge >= 0.3 is 11.7 Å². The summed E-state index contributed by atoms with van der Waals surface area (Å²) in [6.45, 7) is 6.72. The van der Waals surface area contributed by atoms with Crippen LogP contribution in [0.15, 0.2) is 90.0 Å². The quantitative estimate of drug-likeness (QED) is 0.293. The molecule has 0 amide bonds. The Bertz CT molecular complexity index is 1510. The molecule has 1 aliphatic rings. The summed E-state index contributed by atoms with van der Waals surface area (Å²) in [5.41, 5.74) is 2.55. The van der Waals surface area contributed by atoms with Gasteiger partial charge in [-0.3, -0.25) is 14.0 Å². The van der Waals surface area contributed by atoms with Gasteiger partial charge in [0.2, 0.25) is 0 Å². The zero-order valence-corrected chi connectivity index (χ0v) is 22.5. The number of benzene rings is 3. The predicted molar refractivity (Wildman–Crippen MR) is 150 cm³/mol. The van der Waals surface area contributed by atoms with Gasteiger partial charge < -0.3 is 9.64 Å². The molecule has 1 fully saturated rings. The lowest BCUT2D eigenvalue weighted by Gasteiger charge is -2.39. The maximum Gasteiger partial charge on any atom is 0.333 e. The molecule has 0 aliphatic carbocycles. The van der Waals surface area contributed by atoms with Crippen molar-refractivity contribution in [3.8, 4) is 5.69 Å². The molecule has 2 atom stereocenters. The lowest BCUT2D eigenvalue weighted by molar-refractivity contribution is -0.150. The summed E-state index contributed by atoms with van der Waals surface area (Å²) in [6, 6.07) is 19.7. The number of esters is 1. The van der Waals surface area contributed by atoms with Crippen molar-refractivity contribution in [2.75, 3.05) is 37.7 Å². The standard InChI is InChI=1S/C31H32F2N4O3/c1-3-40-30(38)29(23-7-5-4-6-8-23)35-17-15-34(16-18-35)25-10-12-26(13-11-25)37-20-19-36(31(37)39)22(2)27-14-9-24(32)21-28(27)33/h4-14,19-22,29H,3,15-18H2,1-2H3/t22?,29-/m0/s1. The number of aromatic nitrogens is 2. The zero-order valence-electron chi connectivity index (χ0n) is 22.5. The molecule has 0 spiro atoms. The number of ether oxygens (including phenoxy) is 1. The summed E-state index contributed by atoms with van der Waals surface area (Å²) in [5.74, 6) is -1.58. The maximum absolute atomic E-state index is 14.3. The normalized spacial score (nSPS) is 15.6. The summed E-state index contributed by atoms with van der Waals surface area (Å²) >= 11 is 0. The number of carbonyl (C=O) groups excluding carboxylic acids is 1. The molecule has 1 unspecified atom stereocenters. The third-order valence-corrected chi connectivity index (χ3v) is 7.43. The highest BCUT2D eigenvalue weighted by atomic mass is 19.1. The number of carbonyl (C=O) groups is 1. The van der Waals surface area contributed by atoms with Gasteiger partial charge in [-0.05, 0) is 49.7 Å². The minimum absolute atomic E-state index is 0.236. The zero-order chi connectivity index (χ0) is 28.2. The first-order valence-corrected chi connectivity index (χ1v) is 13.4. The molecule has 1 aliphatic heterocycles. The topological polar surface area (TPSA) is 59.7 Å². The number of imidazole rings is 1. The van der Waals surface area contributed by atoms with Gasteiger partial charge in [-0.25, -0.2) is 18.4 Å². The van der Waals surface area contributed by atoms with Crippen LogP contribution in [0.3, 0.4) is 0 Å². The van der Waals surface area contributed by atoms with Gasteiger partial charge in [0.1, 0.15) is 17.7 Å². The molecular formula is C31H32F2N4O3. The Kier molecular flexibility index (Phi) is 8.11. The van der Waals surface area contributed by atoms with E-state index in [9.17, 15) is 18.4 Å². The Morgan fingerprint density at radius 3 is 2.23 bits per heavy atom. The molecule has 3 aromatic carbocycles. The SMILES string of the molecule is CCOC(=O)[C@H](c1ccccc1)N1CCN(c2ccc(-n3ccn(C(C)c4ccc(F)cc4F)c3=O)cc2)CC1. The van der Waals surface area contributed by atoms with Crippen LogP contribution in [0.25, 0.3) is 5.69 Å². The highest BCUT2D eigenvalue weighted by Gasteiger charge is 2.31. The van der Waals surface area contributed by atoms with Gasteiger partial charge in [-0.2, -0.15) is 0 Å². The summed E-state index contributed by atoms with van der Waals surface area (Å²) in [6.07, 6.45) is 3.25. The van der Waals surface area contributed by atoms with Crippen molar-refractivity contribution >= 4 is 11.7 Å². The fourth-order valence-corrected chi connectivity index (χ4v) is 5.29. The molecule has 0 radical (unpaired) electrons. The largest absolute Gasteiger partial charge is 0.465 e. The fourth-order valence-electron chi connectivity index (χ4n) is 5.29. The second kappa shape index (κ2) is 11.9. The van der Waals surface area contributed by atoms with E-state index in [2.05, 4.69) is 9.80 Å². The first-order chi connectivity index (χ1) is 19.4. The van der Waals surface area contributed by atoms with E-state index < -0.39 is 23.7 Å². The van der Waals surface area contributed by atoms with E-state index in [1.807, 2.05) is 61.5 Å². The van der Waals surface area contributed by atoms with Crippen LogP contribution in [-0.4, -0.2) is 52.8 Å². The second-order valence-electron chi connectivity index (χ2n) is 9.80. The van der Waals surface area contributed by atoms with Crippen LogP contribution in [-0.2, 0) is 9.53 Å². The van der Waals surface area contributed by atoms with Crippen LogP contribution < -0.4 is 10.6 Å². The smallest absolute Gasteiger partial charge is 0.333 e. The molecule has 2 heterocycles. The molecule has 4 aromatic rings. The molecular weight excluding hydrogens is 514 g/mol. The molecule has 1 saturated heterocycles. The molecule has 1 aromatic heterocycles. The Balaban J connectivity index is 1.28. The van der Waals surface area contributed by atoms with Crippen molar-refractivity contribution in [2.24, 2.45) is 0 Å². The number of anilines is 1. The Morgan fingerprint density at radius 2 is 1.57 bits per heavy atom. The summed E-state index contributed by atoms with van der Waals surface area (Å²) in [7, 11) is 0. The third kappa shape index (κ3) is 5.56. The Morgan fingerprint density at radius 1 is 0.900 bits per heavy atom. The van der Waals surface area contributed by atoms with Crippen LogP contribution >= 0.6 is 0 Å². The monoisotopic (exact) mass is 546 g/mol. The van der Waals surface area contributed by atoms with E-state index in [1.165, 1.54) is 21.3 Å². The van der Waals surface area contributed by atoms with Crippen molar-refractivity contribution < 1.29 is 18.3 Å². The molecule has 40 heavy (non-hydrogen) atoms. The van der Waals surface area contributed by atoms with Crippen molar-refractivity contribution in [1.29, 1.82) is 0 Å². The van der Waals surface area contributed by atoms with Crippen LogP contribution in [0, 0.1) is 11.6 Å². The molecule has 7 nitrogen and oxygen atoms in total. The van der Waals surface area contributed by atoms with E-state index in [-0.39, 0.29) is 17.2 Å². The number of hydrogen-bond acceptors (Lipinski definition) is 5. The third-order valence-electron chi connectivity index (χ3n) is 7.43. The lowest BCUT2D eigenvalue weighted by Crippen LogP contribution is -2.49. The van der Waals surface area contributed by atoms with Gasteiger partial charge in [0.15, 0.2) is 0 Å². The number of rotatable bonds is 8. The Hall–Kier alpha value is -4.24. The fraction of sp³-hybridized carbons (Fsp3) is 0.290. The maximum atomic E-state index is 14.3. The molecule has 0 bridgehead atoms. The van der Waals surface area contributed by atoms with E-state index in [0.29, 0.717) is 25.4 Å². The van der Waals surface area contributed by atoms with Crippen LogP contribution in [0.4, 0.5) is 14.5 Å². The van der Waals surface area contributed by atoms with Crippen LogP contribution in [0.5, 0.6) is 0 Å². The van der Waals surface area contributed by atoms with E-state index >= 15 is 0 Å². The van der Waals surface area contributed by atoms with Crippen molar-refractivity contribution in [3.63, 3.8) is 0 Å². The van der Waals surface area contributed by atoms with Gasteiger partial charge in [0.25, 0.3) is 0 Å². The van der Waals surface area contributed by atoms with Crippen molar-refractivity contribution in [3.05, 3.63) is 118 Å². The average molecular weight is 547 g/mol. The highest BCUT2D eigenvalue weighted by molar-refractivity contribution is 5.77. The molecule has 208 valence electrons. The number of nitrogens with zero attached hydrogens (tertiary/aromatic N) is 4. The van der Waals surface area contributed by atoms with Gasteiger partial charge in [0.05, 0.1) is 18.3 Å². The summed E-state index contributed by atoms with van der Waals surface area (Å²) in [5, 5.41) is 0. The molecule has 0 saturated carbocycles.